The minimum atomic E-state index is -0.457. The van der Waals surface area contributed by atoms with Crippen LogP contribution >= 0.6 is 0 Å². The molecule has 0 atom stereocenters. The Morgan fingerprint density at radius 1 is 1.38 bits per heavy atom. The number of furan rings is 1. The van der Waals surface area contributed by atoms with Crippen molar-refractivity contribution >= 4 is 11.0 Å². The van der Waals surface area contributed by atoms with E-state index in [1.54, 1.807) is 18.5 Å². The number of hydrogen-bond donors (Lipinski definition) is 1. The summed E-state index contributed by atoms with van der Waals surface area (Å²) in [5.41, 5.74) is 1.58. The van der Waals surface area contributed by atoms with E-state index in [2.05, 4.69) is 4.98 Å². The quantitative estimate of drug-likeness (QED) is 0.566. The number of H-pyrrole nitrogens is 1. The van der Waals surface area contributed by atoms with Crippen LogP contribution in [0.2, 0.25) is 0 Å². The second-order valence-corrected chi connectivity index (χ2v) is 2.81. The number of hydrogen-bond acceptors (Lipinski definition) is 3. The zero-order valence-corrected chi connectivity index (χ0v) is 6.53. The summed E-state index contributed by atoms with van der Waals surface area (Å²) < 4.78 is 10.2. The maximum absolute atomic E-state index is 10.9. The standard InChI is InChI=1S/C9H5NO3/c11-9-10-4-5-3-7-6(1-2-12-7)8(5)13-9/h1-4H,(H,10,11). The lowest BCUT2D eigenvalue weighted by Gasteiger charge is -1.93. The molecule has 0 saturated carbocycles. The highest BCUT2D eigenvalue weighted by molar-refractivity contribution is 5.96. The zero-order valence-electron chi connectivity index (χ0n) is 6.53. The molecule has 64 valence electrons. The van der Waals surface area contributed by atoms with Crippen LogP contribution in [0.5, 0.6) is 0 Å². The van der Waals surface area contributed by atoms with E-state index in [1.807, 2.05) is 6.07 Å². The average molecular weight is 175 g/mol. The Morgan fingerprint density at radius 2 is 2.31 bits per heavy atom. The van der Waals surface area contributed by atoms with Crippen LogP contribution in [0.3, 0.4) is 0 Å². The molecule has 0 radical (unpaired) electrons. The molecule has 3 rings (SSSR count). The summed E-state index contributed by atoms with van der Waals surface area (Å²) >= 11 is 0. The van der Waals surface area contributed by atoms with Gasteiger partial charge in [-0.15, -0.1) is 0 Å². The fourth-order valence-electron chi connectivity index (χ4n) is 1.46. The van der Waals surface area contributed by atoms with Gasteiger partial charge in [0.15, 0.2) is 5.76 Å². The van der Waals surface area contributed by atoms with E-state index in [0.29, 0.717) is 5.76 Å². The molecule has 1 aromatic rings. The molecule has 2 aliphatic rings. The summed E-state index contributed by atoms with van der Waals surface area (Å²) in [6.07, 6.45) is 3.18. The van der Waals surface area contributed by atoms with E-state index in [0.717, 1.165) is 16.5 Å². The number of aromatic nitrogens is 1. The highest BCUT2D eigenvalue weighted by atomic mass is 16.4. The molecule has 1 aliphatic carbocycles. The van der Waals surface area contributed by atoms with E-state index in [9.17, 15) is 4.79 Å². The molecule has 0 bridgehead atoms. The third-order valence-corrected chi connectivity index (χ3v) is 2.03. The van der Waals surface area contributed by atoms with Crippen LogP contribution in [0.4, 0.5) is 0 Å². The fraction of sp³-hybridized carbons (Fsp3) is 0. The van der Waals surface area contributed by atoms with Gasteiger partial charge in [0.05, 0.1) is 11.6 Å². The Kier molecular flexibility index (Phi) is 1.02. The molecule has 0 amide bonds. The van der Waals surface area contributed by atoms with Crippen LogP contribution in [0.25, 0.3) is 22.3 Å². The third kappa shape index (κ3) is 0.767. The van der Waals surface area contributed by atoms with Gasteiger partial charge in [-0.05, 0) is 12.1 Å². The molecule has 2 heterocycles. The predicted molar refractivity (Wildman–Crippen MR) is 45.7 cm³/mol. The Bertz CT molecular complexity index is 586. The Morgan fingerprint density at radius 3 is 3.23 bits per heavy atom. The number of aromatic amines is 1. The Balaban J connectivity index is 2.61. The molecular weight excluding hydrogens is 170 g/mol. The highest BCUT2D eigenvalue weighted by Crippen LogP contribution is 2.32. The molecular formula is C9H5NO3. The van der Waals surface area contributed by atoms with Gasteiger partial charge in [-0.3, -0.25) is 4.98 Å². The topological polar surface area (TPSA) is 59.1 Å². The van der Waals surface area contributed by atoms with Crippen LogP contribution in [-0.4, -0.2) is 4.98 Å². The molecule has 4 nitrogen and oxygen atoms in total. The minimum absolute atomic E-state index is 0.457. The average Bonchev–Trinajstić information content (AvgIpc) is 2.64. The van der Waals surface area contributed by atoms with Crippen LogP contribution in [-0.2, 0) is 0 Å². The van der Waals surface area contributed by atoms with Crippen molar-refractivity contribution in [2.75, 3.05) is 0 Å². The van der Waals surface area contributed by atoms with Crippen molar-refractivity contribution in [1.82, 2.24) is 4.98 Å². The van der Waals surface area contributed by atoms with Gasteiger partial charge in [0.2, 0.25) is 0 Å². The molecule has 13 heavy (non-hydrogen) atoms. The first-order valence-corrected chi connectivity index (χ1v) is 3.83. The van der Waals surface area contributed by atoms with Gasteiger partial charge < -0.3 is 8.83 Å². The number of fused-ring (bicyclic) bond motifs is 3. The molecule has 0 fully saturated rings. The lowest BCUT2D eigenvalue weighted by Crippen LogP contribution is -2.02. The van der Waals surface area contributed by atoms with Gasteiger partial charge in [-0.25, -0.2) is 4.79 Å². The molecule has 1 aliphatic heterocycles. The highest BCUT2D eigenvalue weighted by Gasteiger charge is 2.14. The van der Waals surface area contributed by atoms with Crippen LogP contribution in [0.1, 0.15) is 0 Å². The van der Waals surface area contributed by atoms with E-state index in [4.69, 9.17) is 8.83 Å². The maximum atomic E-state index is 10.9. The zero-order chi connectivity index (χ0) is 8.84. The monoisotopic (exact) mass is 175 g/mol. The van der Waals surface area contributed by atoms with Crippen LogP contribution < -0.4 is 5.76 Å². The summed E-state index contributed by atoms with van der Waals surface area (Å²) in [5, 5.41) is 0.834. The van der Waals surface area contributed by atoms with E-state index < -0.39 is 5.76 Å². The summed E-state index contributed by atoms with van der Waals surface area (Å²) in [4.78, 5) is 13.4. The first kappa shape index (κ1) is 6.54. The summed E-state index contributed by atoms with van der Waals surface area (Å²) in [6.45, 7) is 0. The third-order valence-electron chi connectivity index (χ3n) is 2.03. The van der Waals surface area contributed by atoms with Crippen molar-refractivity contribution in [3.05, 3.63) is 35.1 Å². The van der Waals surface area contributed by atoms with Gasteiger partial charge in [-0.2, -0.15) is 0 Å². The summed E-state index contributed by atoms with van der Waals surface area (Å²) in [5.74, 6) is 0.119. The van der Waals surface area contributed by atoms with E-state index in [-0.39, 0.29) is 0 Å². The fourth-order valence-corrected chi connectivity index (χ4v) is 1.46. The van der Waals surface area contributed by atoms with E-state index in [1.165, 1.54) is 0 Å². The van der Waals surface area contributed by atoms with Crippen LogP contribution in [0, 0.1) is 0 Å². The molecule has 0 aromatic carbocycles. The van der Waals surface area contributed by atoms with Crippen molar-refractivity contribution in [2.24, 2.45) is 0 Å². The van der Waals surface area contributed by atoms with Crippen molar-refractivity contribution in [3.8, 4) is 11.3 Å². The number of rotatable bonds is 0. The largest absolute Gasteiger partial charge is 0.464 e. The van der Waals surface area contributed by atoms with Gasteiger partial charge >= 0.3 is 5.76 Å². The van der Waals surface area contributed by atoms with Crippen molar-refractivity contribution < 1.29 is 8.83 Å². The Labute approximate surface area is 72.1 Å². The molecule has 1 aromatic heterocycles. The second kappa shape index (κ2) is 2.04. The van der Waals surface area contributed by atoms with Gasteiger partial charge in [-0.1, -0.05) is 0 Å². The normalized spacial score (nSPS) is 11.4. The lowest BCUT2D eigenvalue weighted by atomic mass is 10.3. The van der Waals surface area contributed by atoms with Crippen molar-refractivity contribution in [1.29, 1.82) is 0 Å². The minimum Gasteiger partial charge on any atom is -0.464 e. The van der Waals surface area contributed by atoms with Gasteiger partial charge in [0.25, 0.3) is 0 Å². The van der Waals surface area contributed by atoms with Crippen molar-refractivity contribution in [2.45, 2.75) is 0 Å². The summed E-state index contributed by atoms with van der Waals surface area (Å²) in [6, 6.07) is 3.60. The van der Waals surface area contributed by atoms with Gasteiger partial charge in [0, 0.05) is 11.8 Å². The maximum Gasteiger partial charge on any atom is 0.416 e. The van der Waals surface area contributed by atoms with Crippen molar-refractivity contribution in [3.63, 3.8) is 0 Å². The molecule has 4 heteroatoms. The van der Waals surface area contributed by atoms with Crippen LogP contribution in [0.15, 0.2) is 38.2 Å². The number of nitrogens with one attached hydrogen (secondary N) is 1. The molecule has 0 spiro atoms. The summed E-state index contributed by atoms with van der Waals surface area (Å²) in [7, 11) is 0. The molecule has 1 N–H and O–H groups in total. The molecule has 0 saturated heterocycles. The first-order valence-electron chi connectivity index (χ1n) is 3.83. The van der Waals surface area contributed by atoms with Gasteiger partial charge in [0.1, 0.15) is 5.58 Å². The lowest BCUT2D eigenvalue weighted by molar-refractivity contribution is 0.502. The second-order valence-electron chi connectivity index (χ2n) is 2.81. The smallest absolute Gasteiger partial charge is 0.416 e. The molecule has 0 unspecified atom stereocenters. The first-order chi connectivity index (χ1) is 6.34. The van der Waals surface area contributed by atoms with E-state index >= 15 is 0 Å². The SMILES string of the molecule is O=c1[nH]cc2cc3occc3c-2o1. The predicted octanol–water partition coefficient (Wildman–Crippen LogP) is 1.82. The Hall–Kier alpha value is -1.97.